The monoisotopic (exact) mass is 287 g/mol. The van der Waals surface area contributed by atoms with Crippen LogP contribution < -0.4 is 5.32 Å². The maximum absolute atomic E-state index is 9.49. The van der Waals surface area contributed by atoms with E-state index in [1.54, 1.807) is 12.1 Å². The number of nitrogens with one attached hydrogen (secondary N) is 1. The lowest BCUT2D eigenvalue weighted by atomic mass is 9.82. The summed E-state index contributed by atoms with van der Waals surface area (Å²) in [4.78, 5) is 0. The van der Waals surface area contributed by atoms with Crippen molar-refractivity contribution in [1.82, 2.24) is 5.32 Å². The molecule has 4 heteroatoms. The van der Waals surface area contributed by atoms with Crippen LogP contribution in [0.5, 0.6) is 11.5 Å². The van der Waals surface area contributed by atoms with Crippen LogP contribution in [0.4, 0.5) is 0 Å². The van der Waals surface area contributed by atoms with Gasteiger partial charge in [-0.15, -0.1) is 17.0 Å². The Labute approximate surface area is 106 Å². The summed E-state index contributed by atoms with van der Waals surface area (Å²) < 4.78 is 0. The highest BCUT2D eigenvalue weighted by Crippen LogP contribution is 2.37. The van der Waals surface area contributed by atoms with Gasteiger partial charge in [-0.05, 0) is 55.5 Å². The van der Waals surface area contributed by atoms with Gasteiger partial charge in [-0.25, -0.2) is 0 Å². The van der Waals surface area contributed by atoms with Gasteiger partial charge >= 0.3 is 0 Å². The van der Waals surface area contributed by atoms with Crippen LogP contribution in [0.3, 0.4) is 0 Å². The van der Waals surface area contributed by atoms with E-state index in [9.17, 15) is 10.2 Å². The molecule has 0 radical (unpaired) electrons. The van der Waals surface area contributed by atoms with Crippen LogP contribution in [-0.2, 0) is 6.42 Å². The number of halogens is 1. The van der Waals surface area contributed by atoms with Crippen LogP contribution in [0.1, 0.15) is 29.9 Å². The van der Waals surface area contributed by atoms with Gasteiger partial charge in [0.2, 0.25) is 0 Å². The zero-order valence-corrected chi connectivity index (χ0v) is 11.1. The average Bonchev–Trinajstić information content (AvgIpc) is 2.21. The van der Waals surface area contributed by atoms with E-state index in [1.807, 2.05) is 7.05 Å². The van der Waals surface area contributed by atoms with Gasteiger partial charge in [-0.1, -0.05) is 0 Å². The summed E-state index contributed by atoms with van der Waals surface area (Å²) in [6, 6.07) is 3.42. The number of aromatic hydroxyl groups is 2. The van der Waals surface area contributed by atoms with Gasteiger partial charge < -0.3 is 15.5 Å². The first-order valence-corrected chi connectivity index (χ1v) is 5.41. The van der Waals surface area contributed by atoms with Gasteiger partial charge in [0.05, 0.1) is 0 Å². The average molecular weight is 288 g/mol. The molecule has 1 aromatic carbocycles. The minimum Gasteiger partial charge on any atom is -0.504 e. The number of likely N-dealkylation sites (N-methyl/N-ethyl adjacent to an activating group) is 1. The fourth-order valence-electron chi connectivity index (χ4n) is 2.39. The van der Waals surface area contributed by atoms with Crippen LogP contribution in [0, 0.1) is 0 Å². The number of hydrogen-bond donors (Lipinski definition) is 3. The second-order valence-electron chi connectivity index (χ2n) is 4.19. The van der Waals surface area contributed by atoms with Crippen LogP contribution in [-0.4, -0.2) is 23.8 Å². The Kier molecular flexibility index (Phi) is 4.62. The molecule has 3 N–H and O–H groups in total. The number of aryl methyl sites for hydroxylation is 1. The molecule has 0 aromatic heterocycles. The molecule has 0 saturated heterocycles. The predicted molar refractivity (Wildman–Crippen MR) is 69.7 cm³/mol. The third-order valence-electron chi connectivity index (χ3n) is 3.13. The third-order valence-corrected chi connectivity index (χ3v) is 3.13. The molecule has 1 unspecified atom stereocenters. The zero-order chi connectivity index (χ0) is 10.8. The Bertz CT molecular complexity index is 368. The van der Waals surface area contributed by atoms with E-state index < -0.39 is 0 Å². The Morgan fingerprint density at radius 3 is 2.69 bits per heavy atom. The highest BCUT2D eigenvalue weighted by Gasteiger charge is 2.21. The van der Waals surface area contributed by atoms with Crippen LogP contribution in [0.2, 0.25) is 0 Å². The van der Waals surface area contributed by atoms with Crippen molar-refractivity contribution in [3.8, 4) is 11.5 Å². The van der Waals surface area contributed by atoms with Crippen molar-refractivity contribution < 1.29 is 10.2 Å². The molecule has 0 heterocycles. The fourth-order valence-corrected chi connectivity index (χ4v) is 2.39. The lowest BCUT2D eigenvalue weighted by Gasteiger charge is -2.25. The molecule has 1 aliphatic carbocycles. The highest BCUT2D eigenvalue weighted by atomic mass is 79.9. The second-order valence-corrected chi connectivity index (χ2v) is 4.19. The first-order valence-electron chi connectivity index (χ1n) is 5.41. The SMILES string of the molecule is Br.CNCC1CCCc2cc(O)c(O)cc21. The lowest BCUT2D eigenvalue weighted by Crippen LogP contribution is -2.21. The van der Waals surface area contributed by atoms with E-state index in [0.717, 1.165) is 25.8 Å². The van der Waals surface area contributed by atoms with Gasteiger partial charge in [-0.2, -0.15) is 0 Å². The summed E-state index contributed by atoms with van der Waals surface area (Å²) >= 11 is 0. The standard InChI is InChI=1S/C12H17NO2.BrH/c1-13-7-9-4-2-3-8-5-11(14)12(15)6-10(8)9;/h5-6,9,13-15H,2-4,7H2,1H3;1H. The normalized spacial score (nSPS) is 18.7. The lowest BCUT2D eigenvalue weighted by molar-refractivity contribution is 0.399. The fraction of sp³-hybridized carbons (Fsp3) is 0.500. The third kappa shape index (κ3) is 2.50. The minimum atomic E-state index is -0.00301. The Balaban J connectivity index is 0.00000128. The van der Waals surface area contributed by atoms with Crippen LogP contribution >= 0.6 is 17.0 Å². The first-order chi connectivity index (χ1) is 7.22. The van der Waals surface area contributed by atoms with E-state index in [-0.39, 0.29) is 28.5 Å². The highest BCUT2D eigenvalue weighted by molar-refractivity contribution is 8.93. The molecule has 16 heavy (non-hydrogen) atoms. The smallest absolute Gasteiger partial charge is 0.157 e. The maximum atomic E-state index is 9.49. The van der Waals surface area contributed by atoms with Crippen molar-refractivity contribution in [3.05, 3.63) is 23.3 Å². The summed E-state index contributed by atoms with van der Waals surface area (Å²) in [7, 11) is 1.94. The van der Waals surface area contributed by atoms with E-state index >= 15 is 0 Å². The molecule has 2 rings (SSSR count). The summed E-state index contributed by atoms with van der Waals surface area (Å²) in [6.07, 6.45) is 3.31. The molecule has 1 aromatic rings. The quantitative estimate of drug-likeness (QED) is 0.732. The molecule has 0 bridgehead atoms. The summed E-state index contributed by atoms with van der Waals surface area (Å²) in [6.45, 7) is 0.928. The number of fused-ring (bicyclic) bond motifs is 1. The van der Waals surface area contributed by atoms with Gasteiger partial charge in [0.25, 0.3) is 0 Å². The first kappa shape index (κ1) is 13.3. The molecule has 0 amide bonds. The van der Waals surface area contributed by atoms with E-state index in [2.05, 4.69) is 5.32 Å². The number of rotatable bonds is 2. The van der Waals surface area contributed by atoms with Gasteiger partial charge in [0.1, 0.15) is 0 Å². The van der Waals surface area contributed by atoms with Crippen molar-refractivity contribution >= 4 is 17.0 Å². The van der Waals surface area contributed by atoms with Crippen LogP contribution in [0.15, 0.2) is 12.1 Å². The van der Waals surface area contributed by atoms with Crippen molar-refractivity contribution in [2.75, 3.05) is 13.6 Å². The molecule has 90 valence electrons. The minimum absolute atomic E-state index is 0. The van der Waals surface area contributed by atoms with E-state index in [0.29, 0.717) is 5.92 Å². The zero-order valence-electron chi connectivity index (χ0n) is 9.36. The Morgan fingerprint density at radius 2 is 2.00 bits per heavy atom. The summed E-state index contributed by atoms with van der Waals surface area (Å²) in [5.41, 5.74) is 2.36. The van der Waals surface area contributed by atoms with Crippen molar-refractivity contribution in [1.29, 1.82) is 0 Å². The van der Waals surface area contributed by atoms with E-state index in [1.165, 1.54) is 11.1 Å². The number of hydrogen-bond acceptors (Lipinski definition) is 3. The second kappa shape index (κ2) is 5.55. The van der Waals surface area contributed by atoms with Gasteiger partial charge in [0.15, 0.2) is 11.5 Å². The molecule has 3 nitrogen and oxygen atoms in total. The Morgan fingerprint density at radius 1 is 1.31 bits per heavy atom. The van der Waals surface area contributed by atoms with Crippen LogP contribution in [0.25, 0.3) is 0 Å². The molecule has 1 atom stereocenters. The molecule has 0 aliphatic heterocycles. The predicted octanol–water partition coefficient (Wildman–Crippen LogP) is 2.32. The molecule has 0 saturated carbocycles. The molecular formula is C12H18BrNO2. The number of phenols is 2. The molecule has 1 aliphatic rings. The van der Waals surface area contributed by atoms with Crippen molar-refractivity contribution in [2.45, 2.75) is 25.2 Å². The largest absolute Gasteiger partial charge is 0.504 e. The number of phenolic OH excluding ortho intramolecular Hbond substituents is 2. The molecular weight excluding hydrogens is 270 g/mol. The van der Waals surface area contributed by atoms with Gasteiger partial charge in [0, 0.05) is 6.54 Å². The summed E-state index contributed by atoms with van der Waals surface area (Å²) in [5, 5.41) is 22.1. The molecule has 0 spiro atoms. The van der Waals surface area contributed by atoms with E-state index in [4.69, 9.17) is 0 Å². The topological polar surface area (TPSA) is 52.5 Å². The van der Waals surface area contributed by atoms with Crippen molar-refractivity contribution in [2.24, 2.45) is 0 Å². The molecule has 0 fully saturated rings. The summed E-state index contributed by atoms with van der Waals surface area (Å²) in [5.74, 6) is 0.459. The maximum Gasteiger partial charge on any atom is 0.157 e. The van der Waals surface area contributed by atoms with Crippen molar-refractivity contribution in [3.63, 3.8) is 0 Å². The number of benzene rings is 1. The Hall–Kier alpha value is -0.740. The van der Waals surface area contributed by atoms with Gasteiger partial charge in [-0.3, -0.25) is 0 Å².